The minimum absolute atomic E-state index is 0.0274. The molecule has 2 aromatic rings. The zero-order valence-electron chi connectivity index (χ0n) is 10.1. The molecule has 0 aliphatic carbocycles. The van der Waals surface area contributed by atoms with Crippen molar-refractivity contribution in [1.29, 1.82) is 0 Å². The molecule has 1 aromatic heterocycles. The van der Waals surface area contributed by atoms with E-state index >= 15 is 0 Å². The number of carboxylic acid groups (broad SMARTS) is 1. The number of aromatic carboxylic acids is 1. The second-order valence-electron chi connectivity index (χ2n) is 3.78. The van der Waals surface area contributed by atoms with Crippen LogP contribution in [0, 0.1) is 0 Å². The number of benzene rings is 1. The van der Waals surface area contributed by atoms with Gasteiger partial charge in [0.1, 0.15) is 4.90 Å². The third kappa shape index (κ3) is 3.41. The van der Waals surface area contributed by atoms with Gasteiger partial charge in [-0.25, -0.2) is 13.2 Å². The lowest BCUT2D eigenvalue weighted by Gasteiger charge is -2.10. The van der Waals surface area contributed by atoms with E-state index in [9.17, 15) is 13.2 Å². The van der Waals surface area contributed by atoms with Crippen LogP contribution in [0.4, 0.5) is 5.82 Å². The van der Waals surface area contributed by atoms with Crippen molar-refractivity contribution in [2.75, 3.05) is 4.72 Å². The zero-order valence-corrected chi connectivity index (χ0v) is 12.4. The number of nitrogens with zero attached hydrogens (tertiary/aromatic N) is 2. The molecule has 1 heterocycles. The molecule has 10 heteroatoms. The number of aromatic nitrogens is 2. The van der Waals surface area contributed by atoms with Crippen LogP contribution in [0.3, 0.4) is 0 Å². The van der Waals surface area contributed by atoms with Crippen LogP contribution >= 0.6 is 23.2 Å². The molecule has 0 saturated heterocycles. The summed E-state index contributed by atoms with van der Waals surface area (Å²) in [6, 6.07) is 4.80. The second kappa shape index (κ2) is 5.84. The number of anilines is 1. The van der Waals surface area contributed by atoms with Crippen LogP contribution in [0.15, 0.2) is 35.4 Å². The fourth-order valence-corrected chi connectivity index (χ4v) is 3.30. The van der Waals surface area contributed by atoms with Gasteiger partial charge in [-0.3, -0.25) is 4.72 Å². The van der Waals surface area contributed by atoms with Crippen molar-refractivity contribution in [3.63, 3.8) is 0 Å². The lowest BCUT2D eigenvalue weighted by molar-refractivity contribution is 0.0697. The number of nitrogens with one attached hydrogen (secondary N) is 1. The lowest BCUT2D eigenvalue weighted by atomic mass is 10.2. The van der Waals surface area contributed by atoms with Crippen LogP contribution in [-0.2, 0) is 10.0 Å². The van der Waals surface area contributed by atoms with Gasteiger partial charge in [0.2, 0.25) is 0 Å². The molecule has 0 fully saturated rings. The van der Waals surface area contributed by atoms with Crippen LogP contribution in [-0.4, -0.2) is 29.7 Å². The Kier molecular flexibility index (Phi) is 4.31. The molecule has 0 atom stereocenters. The summed E-state index contributed by atoms with van der Waals surface area (Å²) < 4.78 is 26.6. The summed E-state index contributed by atoms with van der Waals surface area (Å²) in [4.78, 5) is 10.6. The maximum absolute atomic E-state index is 12.2. The maximum atomic E-state index is 12.2. The Morgan fingerprint density at radius 3 is 2.52 bits per heavy atom. The fraction of sp³-hybridized carbons (Fsp3) is 0. The first-order valence-corrected chi connectivity index (χ1v) is 7.58. The molecular weight excluding hydrogens is 341 g/mol. The number of hydrogen-bond acceptors (Lipinski definition) is 5. The summed E-state index contributed by atoms with van der Waals surface area (Å²) in [5, 5.41) is 15.7. The van der Waals surface area contributed by atoms with E-state index in [-0.39, 0.29) is 21.4 Å². The maximum Gasteiger partial charge on any atom is 0.337 e. The molecule has 0 aliphatic heterocycles. The average Bonchev–Trinajstić information content (AvgIpc) is 2.38. The molecule has 0 radical (unpaired) electrons. The van der Waals surface area contributed by atoms with Gasteiger partial charge in [-0.1, -0.05) is 23.2 Å². The largest absolute Gasteiger partial charge is 0.478 e. The molecule has 21 heavy (non-hydrogen) atoms. The number of halogens is 2. The van der Waals surface area contributed by atoms with Crippen LogP contribution in [0.5, 0.6) is 0 Å². The first-order valence-electron chi connectivity index (χ1n) is 5.34. The summed E-state index contributed by atoms with van der Waals surface area (Å²) in [6.45, 7) is 0. The Bertz CT molecular complexity index is 797. The summed E-state index contributed by atoms with van der Waals surface area (Å²) >= 11 is 11.5. The van der Waals surface area contributed by atoms with Gasteiger partial charge >= 0.3 is 5.97 Å². The molecule has 110 valence electrons. The van der Waals surface area contributed by atoms with Crippen molar-refractivity contribution in [3.8, 4) is 0 Å². The third-order valence-electron chi connectivity index (χ3n) is 2.35. The third-order valence-corrected chi connectivity index (χ3v) is 4.48. The minimum Gasteiger partial charge on any atom is -0.478 e. The first kappa shape index (κ1) is 15.5. The number of sulfonamides is 1. The van der Waals surface area contributed by atoms with Gasteiger partial charge in [-0.15, -0.1) is 5.10 Å². The van der Waals surface area contributed by atoms with Crippen molar-refractivity contribution < 1.29 is 18.3 Å². The molecule has 1 aromatic carbocycles. The van der Waals surface area contributed by atoms with Gasteiger partial charge in [-0.05, 0) is 24.3 Å². The molecule has 0 amide bonds. The molecule has 7 nitrogen and oxygen atoms in total. The summed E-state index contributed by atoms with van der Waals surface area (Å²) in [7, 11) is -4.12. The minimum atomic E-state index is -4.12. The van der Waals surface area contributed by atoms with Gasteiger partial charge in [-0.2, -0.15) is 5.10 Å². The number of carbonyl (C=O) groups is 1. The summed E-state index contributed by atoms with van der Waals surface area (Å²) in [5.74, 6) is -1.40. The average molecular weight is 348 g/mol. The van der Waals surface area contributed by atoms with Gasteiger partial charge in [0, 0.05) is 6.20 Å². The van der Waals surface area contributed by atoms with Crippen molar-refractivity contribution >= 4 is 45.0 Å². The van der Waals surface area contributed by atoms with Crippen LogP contribution in [0.2, 0.25) is 10.0 Å². The van der Waals surface area contributed by atoms with Crippen LogP contribution in [0.25, 0.3) is 0 Å². The van der Waals surface area contributed by atoms with E-state index < -0.39 is 20.9 Å². The monoisotopic (exact) mass is 347 g/mol. The molecule has 0 unspecified atom stereocenters. The van der Waals surface area contributed by atoms with Crippen LogP contribution in [0.1, 0.15) is 10.4 Å². The highest BCUT2D eigenvalue weighted by Crippen LogP contribution is 2.29. The molecule has 0 aliphatic rings. The highest BCUT2D eigenvalue weighted by Gasteiger charge is 2.23. The quantitative estimate of drug-likeness (QED) is 0.877. The Morgan fingerprint density at radius 2 is 1.95 bits per heavy atom. The van der Waals surface area contributed by atoms with Crippen molar-refractivity contribution in [2.45, 2.75) is 4.90 Å². The first-order chi connectivity index (χ1) is 9.81. The Balaban J connectivity index is 2.50. The molecule has 0 saturated carbocycles. The van der Waals surface area contributed by atoms with E-state index in [1.165, 1.54) is 18.3 Å². The van der Waals surface area contributed by atoms with E-state index in [0.29, 0.717) is 0 Å². The van der Waals surface area contributed by atoms with Gasteiger partial charge in [0.15, 0.2) is 5.82 Å². The molecule has 0 spiro atoms. The number of carboxylic acids is 1. The zero-order chi connectivity index (χ0) is 15.6. The molecule has 2 rings (SSSR count). The highest BCUT2D eigenvalue weighted by molar-refractivity contribution is 7.92. The SMILES string of the molecule is O=C(O)c1cc(S(=O)(=O)Nc2cccnn2)c(Cl)cc1Cl. The van der Waals surface area contributed by atoms with E-state index in [1.807, 2.05) is 0 Å². The van der Waals surface area contributed by atoms with Crippen LogP contribution < -0.4 is 4.72 Å². The van der Waals surface area contributed by atoms with E-state index in [4.69, 9.17) is 28.3 Å². The Morgan fingerprint density at radius 1 is 1.24 bits per heavy atom. The van der Waals surface area contributed by atoms with Crippen molar-refractivity contribution in [3.05, 3.63) is 46.1 Å². The van der Waals surface area contributed by atoms with Gasteiger partial charge in [0.05, 0.1) is 15.6 Å². The summed E-state index contributed by atoms with van der Waals surface area (Å²) in [5.41, 5.74) is -0.374. The highest BCUT2D eigenvalue weighted by atomic mass is 35.5. The second-order valence-corrected chi connectivity index (χ2v) is 6.25. The predicted octanol–water partition coefficient (Wildman–Crippen LogP) is 2.28. The van der Waals surface area contributed by atoms with Gasteiger partial charge < -0.3 is 5.11 Å². The van der Waals surface area contributed by atoms with E-state index in [2.05, 4.69) is 14.9 Å². The smallest absolute Gasteiger partial charge is 0.337 e. The van der Waals surface area contributed by atoms with Gasteiger partial charge in [0.25, 0.3) is 10.0 Å². The molecule has 2 N–H and O–H groups in total. The standard InChI is InChI=1S/C11H7Cl2N3O4S/c12-7-5-8(13)9(4-6(7)11(17)18)21(19,20)16-10-2-1-3-14-15-10/h1-5H,(H,15,16)(H,17,18). The topological polar surface area (TPSA) is 109 Å². The van der Waals surface area contributed by atoms with E-state index in [1.54, 1.807) is 0 Å². The molecule has 0 bridgehead atoms. The van der Waals surface area contributed by atoms with Crippen molar-refractivity contribution in [2.24, 2.45) is 0 Å². The summed E-state index contributed by atoms with van der Waals surface area (Å²) in [6.07, 6.45) is 1.37. The predicted molar refractivity (Wildman–Crippen MR) is 76.3 cm³/mol. The normalized spacial score (nSPS) is 11.1. The van der Waals surface area contributed by atoms with Crippen molar-refractivity contribution in [1.82, 2.24) is 10.2 Å². The Labute approximate surface area is 129 Å². The van der Waals surface area contributed by atoms with E-state index in [0.717, 1.165) is 12.1 Å². The number of rotatable bonds is 4. The Hall–Kier alpha value is -1.90. The molecular formula is C11H7Cl2N3O4S. The lowest BCUT2D eigenvalue weighted by Crippen LogP contribution is -2.15. The number of hydrogen-bond donors (Lipinski definition) is 2. The fourth-order valence-electron chi connectivity index (χ4n) is 1.45.